The van der Waals surface area contributed by atoms with E-state index in [4.69, 9.17) is 0 Å². The van der Waals surface area contributed by atoms with Crippen molar-refractivity contribution >= 4 is 10.2 Å². The van der Waals surface area contributed by atoms with Gasteiger partial charge in [-0.1, -0.05) is 13.8 Å². The first-order chi connectivity index (χ1) is 8.30. The first-order valence-electron chi connectivity index (χ1n) is 6.64. The van der Waals surface area contributed by atoms with Crippen LogP contribution in [0.15, 0.2) is 0 Å². The summed E-state index contributed by atoms with van der Waals surface area (Å²) in [5, 5.41) is 9.18. The maximum atomic E-state index is 12.5. The van der Waals surface area contributed by atoms with Crippen LogP contribution in [0.4, 0.5) is 0 Å². The first kappa shape index (κ1) is 15.9. The molecule has 0 aromatic rings. The van der Waals surface area contributed by atoms with Gasteiger partial charge in [-0.05, 0) is 31.6 Å². The van der Waals surface area contributed by atoms with Crippen molar-refractivity contribution in [3.63, 3.8) is 0 Å². The van der Waals surface area contributed by atoms with Crippen molar-refractivity contribution < 1.29 is 13.5 Å². The van der Waals surface area contributed by atoms with Crippen molar-refractivity contribution in [3.05, 3.63) is 0 Å². The van der Waals surface area contributed by atoms with Crippen LogP contribution in [0.1, 0.15) is 33.6 Å². The summed E-state index contributed by atoms with van der Waals surface area (Å²) in [5.41, 5.74) is 0. The van der Waals surface area contributed by atoms with Crippen LogP contribution in [-0.2, 0) is 10.2 Å². The predicted molar refractivity (Wildman–Crippen MR) is 72.4 cm³/mol. The van der Waals surface area contributed by atoms with E-state index >= 15 is 0 Å². The van der Waals surface area contributed by atoms with Gasteiger partial charge in [0.2, 0.25) is 0 Å². The summed E-state index contributed by atoms with van der Waals surface area (Å²) >= 11 is 0. The second kappa shape index (κ2) is 6.32. The Morgan fingerprint density at radius 2 is 2.00 bits per heavy atom. The molecule has 108 valence electrons. The Balaban J connectivity index is 2.79. The molecule has 1 aliphatic heterocycles. The molecule has 1 N–H and O–H groups in total. The van der Waals surface area contributed by atoms with Crippen LogP contribution in [0.5, 0.6) is 0 Å². The highest BCUT2D eigenvalue weighted by Crippen LogP contribution is 2.22. The van der Waals surface area contributed by atoms with Gasteiger partial charge in [0.1, 0.15) is 0 Å². The fourth-order valence-electron chi connectivity index (χ4n) is 2.20. The number of nitrogens with zero attached hydrogens (tertiary/aromatic N) is 2. The van der Waals surface area contributed by atoms with E-state index in [0.717, 1.165) is 12.8 Å². The molecule has 0 aliphatic carbocycles. The zero-order chi connectivity index (χ0) is 13.9. The van der Waals surface area contributed by atoms with Crippen molar-refractivity contribution in [2.75, 3.05) is 26.7 Å². The van der Waals surface area contributed by atoms with E-state index < -0.39 is 10.2 Å². The Kier molecular flexibility index (Phi) is 5.58. The molecule has 0 aromatic carbocycles. The van der Waals surface area contributed by atoms with Gasteiger partial charge in [0, 0.05) is 32.8 Å². The van der Waals surface area contributed by atoms with Gasteiger partial charge in [0.25, 0.3) is 10.2 Å². The molecule has 1 heterocycles. The van der Waals surface area contributed by atoms with Gasteiger partial charge < -0.3 is 5.11 Å². The molecule has 1 rings (SSSR count). The number of rotatable bonds is 5. The summed E-state index contributed by atoms with van der Waals surface area (Å²) in [6.07, 6.45) is 1.74. The number of aliphatic hydroxyl groups is 1. The van der Waals surface area contributed by atoms with Crippen molar-refractivity contribution in [1.82, 2.24) is 8.61 Å². The first-order valence-corrected chi connectivity index (χ1v) is 8.04. The Morgan fingerprint density at radius 1 is 1.39 bits per heavy atom. The number of aliphatic hydroxyl groups excluding tert-OH is 1. The van der Waals surface area contributed by atoms with Crippen molar-refractivity contribution in [2.24, 2.45) is 11.8 Å². The maximum absolute atomic E-state index is 12.5. The summed E-state index contributed by atoms with van der Waals surface area (Å²) in [5.74, 6) is 0.361. The lowest BCUT2D eigenvalue weighted by Gasteiger charge is -2.36. The molecule has 0 radical (unpaired) electrons. The summed E-state index contributed by atoms with van der Waals surface area (Å²) in [7, 11) is -1.75. The van der Waals surface area contributed by atoms with E-state index in [9.17, 15) is 13.5 Å². The third kappa shape index (κ3) is 3.44. The van der Waals surface area contributed by atoms with E-state index in [-0.39, 0.29) is 24.5 Å². The van der Waals surface area contributed by atoms with Gasteiger partial charge in [0.15, 0.2) is 0 Å². The van der Waals surface area contributed by atoms with Crippen LogP contribution in [0.2, 0.25) is 0 Å². The SMILES string of the molecule is CC(C)C(C)N(C)S(=O)(=O)N1CCCC(CO)C1. The molecule has 6 heteroatoms. The van der Waals surface area contributed by atoms with Gasteiger partial charge in [-0.15, -0.1) is 0 Å². The van der Waals surface area contributed by atoms with E-state index in [1.165, 1.54) is 8.61 Å². The lowest BCUT2D eigenvalue weighted by Crippen LogP contribution is -2.50. The van der Waals surface area contributed by atoms with E-state index in [2.05, 4.69) is 0 Å². The summed E-state index contributed by atoms with van der Waals surface area (Å²) in [4.78, 5) is 0. The Hall–Kier alpha value is -0.170. The highest BCUT2D eigenvalue weighted by atomic mass is 32.2. The highest BCUT2D eigenvalue weighted by molar-refractivity contribution is 7.86. The molecule has 1 aliphatic rings. The summed E-state index contributed by atoms with van der Waals surface area (Å²) in [6, 6.07) is -0.0236. The van der Waals surface area contributed by atoms with Crippen LogP contribution >= 0.6 is 0 Å². The number of piperidine rings is 1. The van der Waals surface area contributed by atoms with Crippen molar-refractivity contribution in [3.8, 4) is 0 Å². The lowest BCUT2D eigenvalue weighted by atomic mass is 10.0. The Bertz CT molecular complexity index is 356. The summed E-state index contributed by atoms with van der Waals surface area (Å²) < 4.78 is 27.9. The van der Waals surface area contributed by atoms with Crippen LogP contribution in [0.3, 0.4) is 0 Å². The quantitative estimate of drug-likeness (QED) is 0.813. The molecule has 0 spiro atoms. The maximum Gasteiger partial charge on any atom is 0.281 e. The molecule has 0 saturated carbocycles. The zero-order valence-corrected chi connectivity index (χ0v) is 12.7. The fraction of sp³-hybridized carbons (Fsp3) is 1.00. The van der Waals surface area contributed by atoms with Crippen molar-refractivity contribution in [1.29, 1.82) is 0 Å². The van der Waals surface area contributed by atoms with Gasteiger partial charge in [-0.25, -0.2) is 0 Å². The average Bonchev–Trinajstić information content (AvgIpc) is 2.36. The molecular weight excluding hydrogens is 252 g/mol. The molecule has 1 saturated heterocycles. The molecule has 18 heavy (non-hydrogen) atoms. The smallest absolute Gasteiger partial charge is 0.281 e. The van der Waals surface area contributed by atoms with Crippen molar-refractivity contribution in [2.45, 2.75) is 39.7 Å². The standard InChI is InChI=1S/C12H26N2O3S/c1-10(2)11(3)13(4)18(16,17)14-7-5-6-12(8-14)9-15/h10-12,15H,5-9H2,1-4H3. The molecule has 0 aromatic heterocycles. The fourth-order valence-corrected chi connectivity index (χ4v) is 3.98. The second-order valence-corrected chi connectivity index (χ2v) is 7.55. The topological polar surface area (TPSA) is 60.9 Å². The molecule has 1 fully saturated rings. The Labute approximate surface area is 111 Å². The average molecular weight is 278 g/mol. The number of hydrogen-bond acceptors (Lipinski definition) is 3. The zero-order valence-electron chi connectivity index (χ0n) is 11.8. The summed E-state index contributed by atoms with van der Waals surface area (Å²) in [6.45, 7) is 7.03. The minimum Gasteiger partial charge on any atom is -0.396 e. The molecule has 0 bridgehead atoms. The van der Waals surface area contributed by atoms with Crippen LogP contribution in [-0.4, -0.2) is 54.9 Å². The molecule has 2 atom stereocenters. The third-order valence-corrected chi connectivity index (χ3v) is 6.01. The molecule has 5 nitrogen and oxygen atoms in total. The van der Waals surface area contributed by atoms with E-state index in [1.807, 2.05) is 20.8 Å². The highest BCUT2D eigenvalue weighted by Gasteiger charge is 2.34. The monoisotopic (exact) mass is 278 g/mol. The van der Waals surface area contributed by atoms with Gasteiger partial charge in [0.05, 0.1) is 0 Å². The number of hydrogen-bond donors (Lipinski definition) is 1. The second-order valence-electron chi connectivity index (χ2n) is 5.56. The minimum atomic E-state index is -3.39. The largest absolute Gasteiger partial charge is 0.396 e. The molecule has 2 unspecified atom stereocenters. The van der Waals surface area contributed by atoms with Gasteiger partial charge >= 0.3 is 0 Å². The van der Waals surface area contributed by atoms with Crippen LogP contribution < -0.4 is 0 Å². The van der Waals surface area contributed by atoms with Crippen LogP contribution in [0, 0.1) is 11.8 Å². The van der Waals surface area contributed by atoms with Gasteiger partial charge in [-0.2, -0.15) is 17.0 Å². The van der Waals surface area contributed by atoms with E-state index in [0.29, 0.717) is 13.1 Å². The third-order valence-electron chi connectivity index (χ3n) is 3.97. The molecular formula is C12H26N2O3S. The molecule has 0 amide bonds. The lowest BCUT2D eigenvalue weighted by molar-refractivity contribution is 0.158. The van der Waals surface area contributed by atoms with Gasteiger partial charge in [-0.3, -0.25) is 0 Å². The van der Waals surface area contributed by atoms with Crippen LogP contribution in [0.25, 0.3) is 0 Å². The minimum absolute atomic E-state index is 0.0236. The predicted octanol–water partition coefficient (Wildman–Crippen LogP) is 0.912. The normalized spacial score (nSPS) is 24.7. The Morgan fingerprint density at radius 3 is 2.50 bits per heavy atom. The van der Waals surface area contributed by atoms with E-state index in [1.54, 1.807) is 7.05 Å².